The van der Waals surface area contributed by atoms with Crippen LogP contribution in [-0.4, -0.2) is 51.4 Å². The van der Waals surface area contributed by atoms with Gasteiger partial charge in [0.05, 0.1) is 24.3 Å². The van der Waals surface area contributed by atoms with Crippen molar-refractivity contribution in [1.29, 1.82) is 0 Å². The van der Waals surface area contributed by atoms with E-state index in [9.17, 15) is 14.3 Å². The van der Waals surface area contributed by atoms with Crippen LogP contribution in [0.4, 0.5) is 4.39 Å². The number of fused-ring (bicyclic) bond motifs is 1. The number of aromatic hydroxyl groups is 1. The Morgan fingerprint density at radius 3 is 2.52 bits per heavy atom. The predicted molar refractivity (Wildman–Crippen MR) is 106 cm³/mol. The van der Waals surface area contributed by atoms with Crippen molar-refractivity contribution in [3.8, 4) is 11.5 Å². The Balaban J connectivity index is 1.89. The number of methoxy groups -OCH3 is 2. The lowest BCUT2D eigenvalue weighted by molar-refractivity contribution is -0.914. The van der Waals surface area contributed by atoms with E-state index < -0.39 is 5.82 Å². The van der Waals surface area contributed by atoms with E-state index in [-0.39, 0.29) is 17.3 Å². The van der Waals surface area contributed by atoms with Crippen LogP contribution in [0.5, 0.6) is 11.5 Å². The molecule has 2 aromatic rings. The Labute approximate surface area is 169 Å². The number of phenolic OH excluding ortho intramolecular Hbond substituents is 1. The molecule has 0 spiro atoms. The SMILES string of the molecule is COCC[NH+](CCOC)Cc1c(O)ccc2c1O/C(=C/c1cccc(F)c1)C2=O. The maximum Gasteiger partial charge on any atom is 0.231 e. The molecule has 0 atom stereocenters. The van der Waals surface area contributed by atoms with Gasteiger partial charge in [-0.3, -0.25) is 4.79 Å². The summed E-state index contributed by atoms with van der Waals surface area (Å²) in [5, 5.41) is 10.4. The minimum Gasteiger partial charge on any atom is -0.507 e. The summed E-state index contributed by atoms with van der Waals surface area (Å²) in [6.07, 6.45) is 1.51. The highest BCUT2D eigenvalue weighted by molar-refractivity contribution is 6.14. The number of carbonyl (C=O) groups is 1. The lowest BCUT2D eigenvalue weighted by Crippen LogP contribution is -3.11. The molecule has 7 heteroatoms. The number of ether oxygens (including phenoxy) is 3. The summed E-state index contributed by atoms with van der Waals surface area (Å²) in [7, 11) is 3.27. The molecule has 2 N–H and O–H groups in total. The first kappa shape index (κ1) is 21.0. The average molecular weight is 402 g/mol. The molecular weight excluding hydrogens is 377 g/mol. The Bertz CT molecular complexity index is 904. The predicted octanol–water partition coefficient (Wildman–Crippen LogP) is 1.83. The van der Waals surface area contributed by atoms with Gasteiger partial charge >= 0.3 is 0 Å². The summed E-state index contributed by atoms with van der Waals surface area (Å²) in [5.74, 6) is -0.161. The van der Waals surface area contributed by atoms with Crippen LogP contribution >= 0.6 is 0 Å². The van der Waals surface area contributed by atoms with Gasteiger partial charge in [0.2, 0.25) is 5.78 Å². The summed E-state index contributed by atoms with van der Waals surface area (Å²) in [6, 6.07) is 8.97. The standard InChI is InChI=1S/C22H24FNO5/c1-27-10-8-24(9-11-28-2)14-18-19(25)7-6-17-21(26)20(29-22(17)18)13-15-4-3-5-16(23)12-15/h3-7,12-13,25H,8-11,14H2,1-2H3/p+1/b20-13+. The summed E-state index contributed by atoms with van der Waals surface area (Å²) >= 11 is 0. The van der Waals surface area contributed by atoms with E-state index in [0.29, 0.717) is 55.3 Å². The molecule has 0 fully saturated rings. The van der Waals surface area contributed by atoms with Gasteiger partial charge in [0.1, 0.15) is 31.2 Å². The fraction of sp³-hybridized carbons (Fsp3) is 0.318. The molecule has 0 saturated carbocycles. The van der Waals surface area contributed by atoms with E-state index in [1.807, 2.05) is 0 Å². The summed E-state index contributed by atoms with van der Waals surface area (Å²) in [6.45, 7) is 2.98. The highest BCUT2D eigenvalue weighted by Crippen LogP contribution is 2.39. The van der Waals surface area contributed by atoms with E-state index in [0.717, 1.165) is 4.90 Å². The highest BCUT2D eigenvalue weighted by atomic mass is 19.1. The molecule has 29 heavy (non-hydrogen) atoms. The number of ketones is 1. The zero-order valence-electron chi connectivity index (χ0n) is 16.5. The lowest BCUT2D eigenvalue weighted by Gasteiger charge is -2.20. The van der Waals surface area contributed by atoms with Crippen molar-refractivity contribution in [2.45, 2.75) is 6.54 Å². The Morgan fingerprint density at radius 1 is 1.14 bits per heavy atom. The largest absolute Gasteiger partial charge is 0.507 e. The maximum absolute atomic E-state index is 13.5. The normalized spacial score (nSPS) is 14.5. The van der Waals surface area contributed by atoms with Gasteiger partial charge in [0.25, 0.3) is 0 Å². The molecule has 1 heterocycles. The van der Waals surface area contributed by atoms with E-state index >= 15 is 0 Å². The molecule has 2 aromatic carbocycles. The lowest BCUT2D eigenvalue weighted by atomic mass is 10.0. The number of phenols is 1. The van der Waals surface area contributed by atoms with Crippen molar-refractivity contribution in [3.05, 3.63) is 64.7 Å². The molecule has 0 saturated heterocycles. The Kier molecular flexibility index (Phi) is 6.98. The third-order valence-corrected chi connectivity index (χ3v) is 4.81. The second-order valence-corrected chi connectivity index (χ2v) is 6.85. The average Bonchev–Trinajstić information content (AvgIpc) is 3.01. The number of rotatable bonds is 9. The van der Waals surface area contributed by atoms with Crippen LogP contribution in [0.3, 0.4) is 0 Å². The van der Waals surface area contributed by atoms with Crippen molar-refractivity contribution in [2.75, 3.05) is 40.5 Å². The molecular formula is C22H25FNO5+. The molecule has 1 aliphatic rings. The van der Waals surface area contributed by atoms with Gasteiger partial charge in [-0.2, -0.15) is 0 Å². The van der Waals surface area contributed by atoms with Crippen LogP contribution in [0.1, 0.15) is 21.5 Å². The second kappa shape index (κ2) is 9.65. The molecule has 6 nitrogen and oxygen atoms in total. The first-order chi connectivity index (χ1) is 14.0. The zero-order valence-corrected chi connectivity index (χ0v) is 16.5. The Hall–Kier alpha value is -2.74. The van der Waals surface area contributed by atoms with E-state index in [4.69, 9.17) is 14.2 Å². The topological polar surface area (TPSA) is 69.4 Å². The van der Waals surface area contributed by atoms with Crippen molar-refractivity contribution < 1.29 is 33.4 Å². The van der Waals surface area contributed by atoms with Crippen LogP contribution in [0, 0.1) is 5.82 Å². The number of hydrogen-bond donors (Lipinski definition) is 2. The first-order valence-electron chi connectivity index (χ1n) is 9.39. The van der Waals surface area contributed by atoms with Gasteiger partial charge in [0, 0.05) is 14.2 Å². The first-order valence-corrected chi connectivity index (χ1v) is 9.39. The van der Waals surface area contributed by atoms with Crippen LogP contribution in [0.15, 0.2) is 42.2 Å². The Morgan fingerprint density at radius 2 is 1.86 bits per heavy atom. The molecule has 0 unspecified atom stereocenters. The molecule has 3 rings (SSSR count). The van der Waals surface area contributed by atoms with Crippen LogP contribution in [-0.2, 0) is 16.0 Å². The fourth-order valence-electron chi connectivity index (χ4n) is 3.26. The molecule has 0 radical (unpaired) electrons. The third-order valence-electron chi connectivity index (χ3n) is 4.81. The summed E-state index contributed by atoms with van der Waals surface area (Å²) in [4.78, 5) is 13.9. The smallest absolute Gasteiger partial charge is 0.231 e. The fourth-order valence-corrected chi connectivity index (χ4v) is 3.26. The van der Waals surface area contributed by atoms with E-state index in [1.54, 1.807) is 32.4 Å². The number of quaternary nitrogens is 1. The van der Waals surface area contributed by atoms with Gasteiger partial charge < -0.3 is 24.2 Å². The number of allylic oxidation sites excluding steroid dienone is 1. The third kappa shape index (κ3) is 5.00. The van der Waals surface area contributed by atoms with Crippen molar-refractivity contribution >= 4 is 11.9 Å². The van der Waals surface area contributed by atoms with Gasteiger partial charge in [0.15, 0.2) is 11.5 Å². The van der Waals surface area contributed by atoms with Gasteiger partial charge in [-0.1, -0.05) is 12.1 Å². The minimum atomic E-state index is -0.392. The van der Waals surface area contributed by atoms with Crippen molar-refractivity contribution in [1.82, 2.24) is 0 Å². The molecule has 0 bridgehead atoms. The number of benzene rings is 2. The number of nitrogens with one attached hydrogen (secondary N) is 1. The molecule has 154 valence electrons. The van der Waals surface area contributed by atoms with Crippen LogP contribution in [0.25, 0.3) is 6.08 Å². The van der Waals surface area contributed by atoms with Gasteiger partial charge in [-0.15, -0.1) is 0 Å². The van der Waals surface area contributed by atoms with Crippen molar-refractivity contribution in [2.24, 2.45) is 0 Å². The van der Waals surface area contributed by atoms with Crippen molar-refractivity contribution in [3.63, 3.8) is 0 Å². The monoisotopic (exact) mass is 402 g/mol. The van der Waals surface area contributed by atoms with Gasteiger partial charge in [-0.25, -0.2) is 4.39 Å². The number of carbonyl (C=O) groups excluding carboxylic acids is 1. The maximum atomic E-state index is 13.5. The molecule has 0 amide bonds. The summed E-state index contributed by atoms with van der Waals surface area (Å²) < 4.78 is 29.6. The quantitative estimate of drug-likeness (QED) is 0.627. The number of halogens is 1. The molecule has 1 aliphatic heterocycles. The zero-order chi connectivity index (χ0) is 20.8. The van der Waals surface area contributed by atoms with E-state index in [1.165, 1.54) is 24.3 Å². The number of Topliss-reactive ketones (excluding diaryl/α,β-unsaturated/α-hetero) is 1. The van der Waals surface area contributed by atoms with Crippen LogP contribution < -0.4 is 9.64 Å². The number of hydrogen-bond acceptors (Lipinski definition) is 5. The summed E-state index contributed by atoms with van der Waals surface area (Å²) in [5.41, 5.74) is 1.47. The highest BCUT2D eigenvalue weighted by Gasteiger charge is 2.32. The van der Waals surface area contributed by atoms with Gasteiger partial charge in [-0.05, 0) is 35.9 Å². The van der Waals surface area contributed by atoms with Crippen LogP contribution in [0.2, 0.25) is 0 Å². The minimum absolute atomic E-state index is 0.0656. The van der Waals surface area contributed by atoms with E-state index in [2.05, 4.69) is 0 Å². The second-order valence-electron chi connectivity index (χ2n) is 6.85. The molecule has 0 aromatic heterocycles. The molecule has 0 aliphatic carbocycles.